The first-order chi connectivity index (χ1) is 14.4. The smallest absolute Gasteiger partial charge is 0.406 e. The molecule has 1 unspecified atom stereocenters. The number of aromatic nitrogens is 1. The number of guanidine groups is 1. The van der Waals surface area contributed by atoms with Gasteiger partial charge in [0.05, 0.1) is 0 Å². The van der Waals surface area contributed by atoms with Gasteiger partial charge in [0.25, 0.3) is 0 Å². The van der Waals surface area contributed by atoms with Crippen LogP contribution in [0.15, 0.2) is 53.7 Å². The van der Waals surface area contributed by atoms with E-state index in [1.165, 1.54) is 12.1 Å². The van der Waals surface area contributed by atoms with Crippen molar-refractivity contribution < 1.29 is 23.0 Å². The minimum atomic E-state index is -4.71. The maximum Gasteiger partial charge on any atom is 0.573 e. The lowest BCUT2D eigenvalue weighted by molar-refractivity contribution is -0.274. The van der Waals surface area contributed by atoms with Crippen LogP contribution in [0.25, 0.3) is 0 Å². The molecule has 2 rings (SSSR count). The highest BCUT2D eigenvalue weighted by Gasteiger charge is 2.30. The Morgan fingerprint density at radius 3 is 2.53 bits per heavy atom. The molecule has 0 radical (unpaired) electrons. The summed E-state index contributed by atoms with van der Waals surface area (Å²) >= 11 is 0. The molecular weight excluding hydrogens is 397 g/mol. The Kier molecular flexibility index (Phi) is 9.40. The number of nitrogens with zero attached hydrogens (tertiary/aromatic N) is 2. The standard InChI is InChI=1S/C21H27F3N4O2/c1-2-25-20(27-12-10-18-5-3-4-11-26-18)28-14-17(15-29)13-16-6-8-19(9-7-16)30-21(22,23)24/h3-9,11,17,29H,2,10,12-15H2,1H3,(H2,25,27,28). The van der Waals surface area contributed by atoms with Gasteiger partial charge in [-0.3, -0.25) is 9.98 Å². The number of nitrogens with one attached hydrogen (secondary N) is 2. The number of ether oxygens (including phenoxy) is 1. The first kappa shape index (κ1) is 23.5. The molecule has 0 bridgehead atoms. The monoisotopic (exact) mass is 424 g/mol. The molecule has 0 amide bonds. The molecule has 1 atom stereocenters. The lowest BCUT2D eigenvalue weighted by Crippen LogP contribution is -2.39. The van der Waals surface area contributed by atoms with Crippen LogP contribution in [-0.4, -0.2) is 48.7 Å². The quantitative estimate of drug-likeness (QED) is 0.404. The fraction of sp³-hybridized carbons (Fsp3) is 0.429. The second-order valence-corrected chi connectivity index (χ2v) is 6.66. The summed E-state index contributed by atoms with van der Waals surface area (Å²) in [6.45, 7) is 3.60. The number of aliphatic imine (C=N–C) groups is 1. The van der Waals surface area contributed by atoms with Crippen molar-refractivity contribution in [2.24, 2.45) is 10.9 Å². The fourth-order valence-corrected chi connectivity index (χ4v) is 2.76. The predicted octanol–water partition coefficient (Wildman–Crippen LogP) is 2.93. The van der Waals surface area contributed by atoms with E-state index in [-0.39, 0.29) is 18.3 Å². The van der Waals surface area contributed by atoms with E-state index in [1.54, 1.807) is 18.3 Å². The van der Waals surface area contributed by atoms with Crippen LogP contribution < -0.4 is 15.4 Å². The molecule has 6 nitrogen and oxygen atoms in total. The first-order valence-corrected chi connectivity index (χ1v) is 9.77. The van der Waals surface area contributed by atoms with Crippen LogP contribution in [0.2, 0.25) is 0 Å². The van der Waals surface area contributed by atoms with Crippen molar-refractivity contribution >= 4 is 5.96 Å². The highest BCUT2D eigenvalue weighted by atomic mass is 19.4. The zero-order valence-electron chi connectivity index (χ0n) is 16.8. The van der Waals surface area contributed by atoms with Gasteiger partial charge >= 0.3 is 6.36 Å². The SMILES string of the molecule is CCNC(=NCC(CO)Cc1ccc(OC(F)(F)F)cc1)NCCc1ccccn1. The Morgan fingerprint density at radius 2 is 1.93 bits per heavy atom. The number of hydrogen-bond acceptors (Lipinski definition) is 4. The molecule has 9 heteroatoms. The second-order valence-electron chi connectivity index (χ2n) is 6.66. The third-order valence-corrected chi connectivity index (χ3v) is 4.19. The Morgan fingerprint density at radius 1 is 1.17 bits per heavy atom. The van der Waals surface area contributed by atoms with Crippen molar-refractivity contribution in [3.63, 3.8) is 0 Å². The summed E-state index contributed by atoms with van der Waals surface area (Å²) in [6, 6.07) is 11.4. The van der Waals surface area contributed by atoms with Gasteiger partial charge in [-0.1, -0.05) is 18.2 Å². The van der Waals surface area contributed by atoms with E-state index in [9.17, 15) is 18.3 Å². The van der Waals surface area contributed by atoms with Crippen molar-refractivity contribution in [3.05, 3.63) is 59.9 Å². The number of aliphatic hydroxyl groups is 1. The summed E-state index contributed by atoms with van der Waals surface area (Å²) in [6.07, 6.45) is -1.72. The third-order valence-electron chi connectivity index (χ3n) is 4.19. The molecule has 0 aliphatic heterocycles. The fourth-order valence-electron chi connectivity index (χ4n) is 2.76. The molecule has 2 aromatic rings. The van der Waals surface area contributed by atoms with Crippen molar-refractivity contribution in [3.8, 4) is 5.75 Å². The van der Waals surface area contributed by atoms with Gasteiger partial charge in [0, 0.05) is 50.5 Å². The maximum absolute atomic E-state index is 12.2. The maximum atomic E-state index is 12.2. The van der Waals surface area contributed by atoms with Crippen LogP contribution >= 0.6 is 0 Å². The van der Waals surface area contributed by atoms with E-state index >= 15 is 0 Å². The molecule has 0 spiro atoms. The molecule has 3 N–H and O–H groups in total. The van der Waals surface area contributed by atoms with Gasteiger partial charge in [0.1, 0.15) is 5.75 Å². The largest absolute Gasteiger partial charge is 0.573 e. The van der Waals surface area contributed by atoms with E-state index in [0.29, 0.717) is 32.0 Å². The summed E-state index contributed by atoms with van der Waals surface area (Å²) in [5, 5.41) is 16.1. The van der Waals surface area contributed by atoms with Crippen LogP contribution in [0.4, 0.5) is 13.2 Å². The lowest BCUT2D eigenvalue weighted by atomic mass is 10.0. The van der Waals surface area contributed by atoms with Crippen LogP contribution in [0.5, 0.6) is 5.75 Å². The van der Waals surface area contributed by atoms with Crippen LogP contribution in [0.1, 0.15) is 18.2 Å². The zero-order valence-corrected chi connectivity index (χ0v) is 16.8. The van der Waals surface area contributed by atoms with Gasteiger partial charge in [-0.2, -0.15) is 0 Å². The molecule has 1 heterocycles. The topological polar surface area (TPSA) is 78.8 Å². The average molecular weight is 424 g/mol. The van der Waals surface area contributed by atoms with Crippen molar-refractivity contribution in [2.45, 2.75) is 26.1 Å². The van der Waals surface area contributed by atoms with E-state index in [0.717, 1.165) is 17.7 Å². The number of aliphatic hydroxyl groups excluding tert-OH is 1. The van der Waals surface area contributed by atoms with E-state index in [1.807, 2.05) is 25.1 Å². The number of halogens is 3. The summed E-state index contributed by atoms with van der Waals surface area (Å²) < 4.78 is 40.6. The average Bonchev–Trinajstić information content (AvgIpc) is 2.72. The molecule has 0 saturated heterocycles. The minimum Gasteiger partial charge on any atom is -0.406 e. The zero-order chi connectivity index (χ0) is 21.8. The molecule has 164 valence electrons. The summed E-state index contributed by atoms with van der Waals surface area (Å²) in [4.78, 5) is 8.80. The van der Waals surface area contributed by atoms with E-state index in [2.05, 4.69) is 25.3 Å². The first-order valence-electron chi connectivity index (χ1n) is 9.77. The normalized spacial score (nSPS) is 13.0. The molecule has 30 heavy (non-hydrogen) atoms. The summed E-state index contributed by atoms with van der Waals surface area (Å²) in [5.74, 6) is 0.211. The highest BCUT2D eigenvalue weighted by molar-refractivity contribution is 5.79. The van der Waals surface area contributed by atoms with Gasteiger partial charge in [0.2, 0.25) is 0 Å². The van der Waals surface area contributed by atoms with Crippen molar-refractivity contribution in [1.82, 2.24) is 15.6 Å². The molecular formula is C21H27F3N4O2. The molecule has 0 saturated carbocycles. The molecule has 0 aliphatic rings. The van der Waals surface area contributed by atoms with Crippen LogP contribution in [0, 0.1) is 5.92 Å². The second kappa shape index (κ2) is 12.0. The van der Waals surface area contributed by atoms with Crippen molar-refractivity contribution in [1.29, 1.82) is 0 Å². The van der Waals surface area contributed by atoms with Crippen LogP contribution in [0.3, 0.4) is 0 Å². The molecule has 1 aromatic carbocycles. The van der Waals surface area contributed by atoms with Crippen LogP contribution in [-0.2, 0) is 12.8 Å². The van der Waals surface area contributed by atoms with Gasteiger partial charge < -0.3 is 20.5 Å². The molecule has 0 fully saturated rings. The summed E-state index contributed by atoms with van der Waals surface area (Å²) in [7, 11) is 0. The molecule has 0 aliphatic carbocycles. The third kappa shape index (κ3) is 9.13. The predicted molar refractivity (Wildman–Crippen MR) is 109 cm³/mol. The highest BCUT2D eigenvalue weighted by Crippen LogP contribution is 2.23. The number of alkyl halides is 3. The minimum absolute atomic E-state index is 0.0857. The Bertz CT molecular complexity index is 768. The number of hydrogen-bond donors (Lipinski definition) is 3. The van der Waals surface area contributed by atoms with Crippen molar-refractivity contribution in [2.75, 3.05) is 26.2 Å². The van der Waals surface area contributed by atoms with Gasteiger partial charge in [-0.25, -0.2) is 0 Å². The van der Waals surface area contributed by atoms with Gasteiger partial charge in [-0.05, 0) is 43.2 Å². The van der Waals surface area contributed by atoms with Gasteiger partial charge in [0.15, 0.2) is 5.96 Å². The Balaban J connectivity index is 1.87. The Labute approximate surface area is 174 Å². The lowest BCUT2D eigenvalue weighted by Gasteiger charge is -2.15. The van der Waals surface area contributed by atoms with E-state index in [4.69, 9.17) is 0 Å². The van der Waals surface area contributed by atoms with Gasteiger partial charge in [-0.15, -0.1) is 13.2 Å². The number of rotatable bonds is 10. The number of pyridine rings is 1. The Hall–Kier alpha value is -2.81. The van der Waals surface area contributed by atoms with E-state index < -0.39 is 6.36 Å². The number of benzene rings is 1. The molecule has 1 aromatic heterocycles. The summed E-state index contributed by atoms with van der Waals surface area (Å²) in [5.41, 5.74) is 1.78.